The minimum atomic E-state index is -2.24. The smallest absolute Gasteiger partial charge is 0.202 e. The highest BCUT2D eigenvalue weighted by atomic mass is 16.7. The molecule has 0 aromatic heterocycles. The molecule has 0 spiro atoms. The van der Waals surface area contributed by atoms with Crippen molar-refractivity contribution in [2.75, 3.05) is 13.7 Å². The fourth-order valence-electron chi connectivity index (χ4n) is 5.75. The molecular formula is C27H29NO11. The van der Waals surface area contributed by atoms with Gasteiger partial charge in [0.25, 0.3) is 0 Å². The van der Waals surface area contributed by atoms with E-state index in [1.807, 2.05) is 0 Å². The van der Waals surface area contributed by atoms with Crippen molar-refractivity contribution >= 4 is 17.3 Å². The maximum Gasteiger partial charge on any atom is 0.202 e. The number of aliphatic hydroxyl groups excluding tert-OH is 2. The van der Waals surface area contributed by atoms with Crippen LogP contribution < -0.4 is 10.5 Å². The summed E-state index contributed by atoms with van der Waals surface area (Å²) < 4.78 is 17.0. The molecule has 2 aliphatic carbocycles. The molecule has 7 N–H and O–H groups in total. The van der Waals surface area contributed by atoms with Gasteiger partial charge in [0.2, 0.25) is 5.78 Å². The van der Waals surface area contributed by atoms with E-state index >= 15 is 0 Å². The van der Waals surface area contributed by atoms with Crippen LogP contribution in [-0.4, -0.2) is 86.7 Å². The molecule has 2 unspecified atom stereocenters. The van der Waals surface area contributed by atoms with E-state index in [0.717, 1.165) is 0 Å². The third kappa shape index (κ3) is 4.11. The maximum atomic E-state index is 13.6. The summed E-state index contributed by atoms with van der Waals surface area (Å²) in [5.74, 6) is -3.77. The standard InChI is InChI=1S/C27H29NO11/c1-10-22(31)13(28)6-17(38-10)39-15-8-27(36,16(30)9-29)7-12-19(15)26(35)21-20(24(12)33)23(32)11-4-3-5-14(37-2)18(11)25(21)34/h3-5,10,13,15,17,22,29,31,33,35-36H,6-9,28H2,1-2H3/t10-,13?,15-,17?,22-,27-/m0/s1. The quantitative estimate of drug-likeness (QED) is 0.235. The lowest BCUT2D eigenvalue weighted by Gasteiger charge is -2.42. The molecule has 0 bridgehead atoms. The first-order chi connectivity index (χ1) is 18.4. The third-order valence-corrected chi connectivity index (χ3v) is 7.81. The Morgan fingerprint density at radius 2 is 1.85 bits per heavy atom. The highest BCUT2D eigenvalue weighted by Gasteiger charge is 2.50. The number of phenolic OH excluding ortho intramolecular Hbond substituents is 2. The zero-order chi connectivity index (χ0) is 28.4. The summed E-state index contributed by atoms with van der Waals surface area (Å²) in [5.41, 5.74) is 2.37. The number of ketones is 3. The number of Topliss-reactive ketones (excluding diaryl/α,β-unsaturated/α-hetero) is 1. The monoisotopic (exact) mass is 543 g/mol. The molecule has 1 heterocycles. The van der Waals surface area contributed by atoms with Crippen LogP contribution in [0.3, 0.4) is 0 Å². The van der Waals surface area contributed by atoms with Crippen LogP contribution in [0.5, 0.6) is 17.2 Å². The average Bonchev–Trinajstić information content (AvgIpc) is 2.90. The van der Waals surface area contributed by atoms with Gasteiger partial charge in [-0.3, -0.25) is 14.4 Å². The minimum absolute atomic E-state index is 0.0173. The SMILES string of the molecule is COc1cccc2c1C(=O)c1c(O)c3c(c(O)c1C2=O)C[C@@](O)(C(=O)CO)C[C@@H]3OC1CC(N)[C@@H](O)[C@H](C)O1. The number of rotatable bonds is 5. The summed E-state index contributed by atoms with van der Waals surface area (Å²) in [4.78, 5) is 39.7. The van der Waals surface area contributed by atoms with Gasteiger partial charge < -0.3 is 45.5 Å². The van der Waals surface area contributed by atoms with Gasteiger partial charge in [-0.15, -0.1) is 0 Å². The molecular weight excluding hydrogens is 514 g/mol. The molecule has 1 saturated heterocycles. The Morgan fingerprint density at radius 3 is 2.49 bits per heavy atom. The number of benzene rings is 2. The molecule has 12 nitrogen and oxygen atoms in total. The van der Waals surface area contributed by atoms with Gasteiger partial charge in [-0.25, -0.2) is 0 Å². The fourth-order valence-corrected chi connectivity index (χ4v) is 5.75. The van der Waals surface area contributed by atoms with Gasteiger partial charge in [0, 0.05) is 42.0 Å². The van der Waals surface area contributed by atoms with Gasteiger partial charge in [0.15, 0.2) is 17.9 Å². The number of carbonyl (C=O) groups is 3. The molecule has 6 atom stereocenters. The largest absolute Gasteiger partial charge is 0.507 e. The third-order valence-electron chi connectivity index (χ3n) is 7.81. The summed E-state index contributed by atoms with van der Waals surface area (Å²) >= 11 is 0. The van der Waals surface area contributed by atoms with Crippen LogP contribution in [0.4, 0.5) is 0 Å². The van der Waals surface area contributed by atoms with E-state index in [1.54, 1.807) is 6.92 Å². The topological polar surface area (TPSA) is 206 Å². The zero-order valence-corrected chi connectivity index (χ0v) is 21.2. The molecule has 12 heteroatoms. The second kappa shape index (κ2) is 9.66. The highest BCUT2D eigenvalue weighted by Crippen LogP contribution is 2.52. The summed E-state index contributed by atoms with van der Waals surface area (Å²) in [7, 11) is 1.32. The first kappa shape index (κ1) is 27.2. The van der Waals surface area contributed by atoms with Crippen molar-refractivity contribution in [2.24, 2.45) is 5.73 Å². The van der Waals surface area contributed by atoms with E-state index in [0.29, 0.717) is 0 Å². The molecule has 0 saturated carbocycles. The van der Waals surface area contributed by atoms with E-state index in [1.165, 1.54) is 25.3 Å². The van der Waals surface area contributed by atoms with Gasteiger partial charge in [-0.1, -0.05) is 12.1 Å². The van der Waals surface area contributed by atoms with Crippen LogP contribution >= 0.6 is 0 Å². The number of aliphatic hydroxyl groups is 3. The Balaban J connectivity index is 1.69. The number of phenols is 2. The van der Waals surface area contributed by atoms with Crippen LogP contribution in [0.15, 0.2) is 18.2 Å². The Hall–Kier alpha value is -3.39. The molecule has 0 amide bonds. The van der Waals surface area contributed by atoms with Gasteiger partial charge >= 0.3 is 0 Å². The molecule has 1 aliphatic heterocycles. The average molecular weight is 544 g/mol. The summed E-state index contributed by atoms with van der Waals surface area (Å²) in [5, 5.41) is 53.7. The number of methoxy groups -OCH3 is 1. The van der Waals surface area contributed by atoms with E-state index in [9.17, 15) is 39.9 Å². The summed E-state index contributed by atoms with van der Waals surface area (Å²) in [6.07, 6.45) is -5.12. The minimum Gasteiger partial charge on any atom is -0.507 e. The van der Waals surface area contributed by atoms with Crippen molar-refractivity contribution in [3.05, 3.63) is 51.6 Å². The van der Waals surface area contributed by atoms with Gasteiger partial charge in [0.1, 0.15) is 29.5 Å². The molecule has 2 aromatic carbocycles. The van der Waals surface area contributed by atoms with E-state index in [2.05, 4.69) is 0 Å². The van der Waals surface area contributed by atoms with Crippen LogP contribution in [0.1, 0.15) is 68.8 Å². The number of carbonyl (C=O) groups excluding carboxylic acids is 3. The Kier molecular flexibility index (Phi) is 6.74. The van der Waals surface area contributed by atoms with Gasteiger partial charge in [-0.2, -0.15) is 0 Å². The van der Waals surface area contributed by atoms with Crippen LogP contribution in [0.2, 0.25) is 0 Å². The van der Waals surface area contributed by atoms with Crippen molar-refractivity contribution in [3.63, 3.8) is 0 Å². The normalized spacial score (nSPS) is 29.8. The first-order valence-corrected chi connectivity index (χ1v) is 12.4. The number of ether oxygens (including phenoxy) is 3. The van der Waals surface area contributed by atoms with Gasteiger partial charge in [0.05, 0.1) is 42.1 Å². The predicted molar refractivity (Wildman–Crippen MR) is 132 cm³/mol. The van der Waals surface area contributed by atoms with Crippen LogP contribution in [0, 0.1) is 0 Å². The van der Waals surface area contributed by atoms with Crippen molar-refractivity contribution < 1.29 is 54.1 Å². The molecule has 208 valence electrons. The van der Waals surface area contributed by atoms with E-state index in [-0.39, 0.29) is 34.4 Å². The molecule has 5 rings (SSSR count). The van der Waals surface area contributed by atoms with E-state index in [4.69, 9.17) is 19.9 Å². The molecule has 1 fully saturated rings. The molecule has 0 radical (unpaired) electrons. The second-order valence-electron chi connectivity index (χ2n) is 10.2. The lowest BCUT2D eigenvalue weighted by molar-refractivity contribution is -0.247. The first-order valence-electron chi connectivity index (χ1n) is 12.4. The van der Waals surface area contributed by atoms with Crippen LogP contribution in [-0.2, 0) is 20.7 Å². The maximum absolute atomic E-state index is 13.6. The summed E-state index contributed by atoms with van der Waals surface area (Å²) in [6.45, 7) is 0.560. The zero-order valence-electron chi connectivity index (χ0n) is 21.2. The lowest BCUT2D eigenvalue weighted by Crippen LogP contribution is -2.53. The predicted octanol–water partition coefficient (Wildman–Crippen LogP) is 0.00130. The lowest BCUT2D eigenvalue weighted by atomic mass is 9.72. The van der Waals surface area contributed by atoms with Crippen LogP contribution in [0.25, 0.3) is 0 Å². The number of nitrogens with two attached hydrogens (primary N) is 1. The molecule has 2 aromatic rings. The highest BCUT2D eigenvalue weighted by molar-refractivity contribution is 6.31. The molecule has 3 aliphatic rings. The Morgan fingerprint density at radius 1 is 1.15 bits per heavy atom. The second-order valence-corrected chi connectivity index (χ2v) is 10.2. The van der Waals surface area contributed by atoms with E-state index < -0.39 is 95.7 Å². The number of fused-ring (bicyclic) bond motifs is 3. The van der Waals surface area contributed by atoms with Crippen molar-refractivity contribution in [2.45, 2.75) is 62.4 Å². The van der Waals surface area contributed by atoms with Crippen molar-refractivity contribution in [3.8, 4) is 17.2 Å². The van der Waals surface area contributed by atoms with Crippen molar-refractivity contribution in [1.82, 2.24) is 0 Å². The number of aromatic hydroxyl groups is 2. The molecule has 39 heavy (non-hydrogen) atoms. The van der Waals surface area contributed by atoms with Gasteiger partial charge in [-0.05, 0) is 13.0 Å². The number of hydrogen-bond acceptors (Lipinski definition) is 12. The Labute approximate surface area is 222 Å². The Bertz CT molecular complexity index is 1380. The summed E-state index contributed by atoms with van der Waals surface area (Å²) in [6, 6.07) is 3.64. The fraction of sp³-hybridized carbons (Fsp3) is 0.444. The number of hydrogen-bond donors (Lipinski definition) is 6. The van der Waals surface area contributed by atoms with Crippen molar-refractivity contribution in [1.29, 1.82) is 0 Å².